The number of hydrogen-bond donors (Lipinski definition) is 1. The van der Waals surface area contributed by atoms with Gasteiger partial charge in [0.05, 0.1) is 0 Å². The molecule has 0 amide bonds. The quantitative estimate of drug-likeness (QED) is 0.929. The summed E-state index contributed by atoms with van der Waals surface area (Å²) < 4.78 is 26.7. The van der Waals surface area contributed by atoms with Crippen LogP contribution in [-0.4, -0.2) is 30.9 Å². The van der Waals surface area contributed by atoms with Crippen LogP contribution in [0.15, 0.2) is 29.2 Å². The number of phenolic OH excluding ortho intramolecular Hbond substituents is 1. The SMILES string of the molecule is CCCC1CCCN(S(=O)(=O)c2ccccc2O)CC1. The minimum Gasteiger partial charge on any atom is -0.507 e. The Morgan fingerprint density at radius 3 is 2.70 bits per heavy atom. The van der Waals surface area contributed by atoms with E-state index in [1.54, 1.807) is 12.1 Å². The van der Waals surface area contributed by atoms with E-state index in [1.165, 1.54) is 22.9 Å². The van der Waals surface area contributed by atoms with Crippen LogP contribution < -0.4 is 0 Å². The fraction of sp³-hybridized carbons (Fsp3) is 0.600. The molecule has 1 N–H and O–H groups in total. The van der Waals surface area contributed by atoms with E-state index in [1.807, 2.05) is 0 Å². The molecule has 4 nitrogen and oxygen atoms in total. The summed E-state index contributed by atoms with van der Waals surface area (Å²) >= 11 is 0. The van der Waals surface area contributed by atoms with Crippen LogP contribution in [0.1, 0.15) is 39.0 Å². The maximum absolute atomic E-state index is 12.6. The van der Waals surface area contributed by atoms with Gasteiger partial charge in [0.1, 0.15) is 10.6 Å². The lowest BCUT2D eigenvalue weighted by atomic mass is 9.96. The molecule has 1 aromatic carbocycles. The first-order valence-corrected chi connectivity index (χ1v) is 8.78. The third-order valence-electron chi connectivity index (χ3n) is 3.99. The van der Waals surface area contributed by atoms with E-state index in [-0.39, 0.29) is 10.6 Å². The van der Waals surface area contributed by atoms with Crippen molar-refractivity contribution in [3.8, 4) is 5.75 Å². The summed E-state index contributed by atoms with van der Waals surface area (Å²) in [5, 5.41) is 9.78. The van der Waals surface area contributed by atoms with Crippen LogP contribution in [0.25, 0.3) is 0 Å². The van der Waals surface area contributed by atoms with Gasteiger partial charge < -0.3 is 5.11 Å². The molecule has 0 saturated carbocycles. The van der Waals surface area contributed by atoms with Crippen molar-refractivity contribution in [2.45, 2.75) is 43.9 Å². The van der Waals surface area contributed by atoms with Crippen molar-refractivity contribution in [2.75, 3.05) is 13.1 Å². The van der Waals surface area contributed by atoms with Crippen molar-refractivity contribution >= 4 is 10.0 Å². The zero-order chi connectivity index (χ0) is 14.6. The first kappa shape index (κ1) is 15.3. The van der Waals surface area contributed by atoms with Gasteiger partial charge in [0, 0.05) is 13.1 Å². The van der Waals surface area contributed by atoms with Gasteiger partial charge in [-0.05, 0) is 37.3 Å². The summed E-state index contributed by atoms with van der Waals surface area (Å²) in [4.78, 5) is 0.0222. The number of aromatic hydroxyl groups is 1. The van der Waals surface area contributed by atoms with Gasteiger partial charge in [0.15, 0.2) is 0 Å². The number of rotatable bonds is 4. The van der Waals surface area contributed by atoms with Crippen LogP contribution in [0.5, 0.6) is 5.75 Å². The van der Waals surface area contributed by atoms with Crippen LogP contribution in [-0.2, 0) is 10.0 Å². The average Bonchev–Trinajstić information content (AvgIpc) is 2.65. The monoisotopic (exact) mass is 297 g/mol. The number of nitrogens with zero attached hydrogens (tertiary/aromatic N) is 1. The third kappa shape index (κ3) is 3.33. The summed E-state index contributed by atoms with van der Waals surface area (Å²) in [6.45, 7) is 3.28. The molecule has 0 bridgehead atoms. The van der Waals surface area contributed by atoms with Crippen LogP contribution in [0.2, 0.25) is 0 Å². The van der Waals surface area contributed by atoms with Crippen molar-refractivity contribution < 1.29 is 13.5 Å². The van der Waals surface area contributed by atoms with Crippen molar-refractivity contribution in [2.24, 2.45) is 5.92 Å². The second kappa shape index (κ2) is 6.59. The molecular weight excluding hydrogens is 274 g/mol. The summed E-state index contributed by atoms with van der Waals surface area (Å²) in [5.74, 6) is 0.464. The normalized spacial score (nSPS) is 21.6. The van der Waals surface area contributed by atoms with Crippen LogP contribution in [0.4, 0.5) is 0 Å². The minimum atomic E-state index is -3.57. The van der Waals surface area contributed by atoms with Crippen molar-refractivity contribution in [1.82, 2.24) is 4.31 Å². The molecule has 112 valence electrons. The number of hydrogen-bond acceptors (Lipinski definition) is 3. The van der Waals surface area contributed by atoms with Crippen molar-refractivity contribution in [1.29, 1.82) is 0 Å². The molecule has 1 unspecified atom stereocenters. The van der Waals surface area contributed by atoms with Gasteiger partial charge in [-0.25, -0.2) is 8.42 Å². The predicted octanol–water partition coefficient (Wildman–Crippen LogP) is 2.98. The largest absolute Gasteiger partial charge is 0.507 e. The predicted molar refractivity (Wildman–Crippen MR) is 79.1 cm³/mol. The Balaban J connectivity index is 2.16. The van der Waals surface area contributed by atoms with E-state index in [2.05, 4.69) is 6.92 Å². The second-order valence-corrected chi connectivity index (χ2v) is 7.36. The van der Waals surface area contributed by atoms with Gasteiger partial charge in [-0.2, -0.15) is 4.31 Å². The van der Waals surface area contributed by atoms with E-state index in [0.717, 1.165) is 25.7 Å². The second-order valence-electron chi connectivity index (χ2n) is 5.46. The Morgan fingerprint density at radius 1 is 1.25 bits per heavy atom. The van der Waals surface area contributed by atoms with Gasteiger partial charge in [-0.1, -0.05) is 31.9 Å². The molecule has 1 fully saturated rings. The van der Waals surface area contributed by atoms with Gasteiger partial charge in [0.2, 0.25) is 10.0 Å². The standard InChI is InChI=1S/C15H23NO3S/c1-2-6-13-7-5-11-16(12-10-13)20(18,19)15-9-4-3-8-14(15)17/h3-4,8-9,13,17H,2,5-7,10-12H2,1H3. The molecule has 1 saturated heterocycles. The maximum atomic E-state index is 12.6. The summed E-state index contributed by atoms with van der Waals surface area (Å²) in [5.41, 5.74) is 0. The number of benzene rings is 1. The Labute approximate surface area is 121 Å². The molecule has 0 aliphatic carbocycles. The molecule has 2 rings (SSSR count). The minimum absolute atomic E-state index is 0.0222. The molecule has 1 atom stereocenters. The third-order valence-corrected chi connectivity index (χ3v) is 5.93. The summed E-state index contributed by atoms with van der Waals surface area (Å²) in [6.07, 6.45) is 5.24. The first-order chi connectivity index (χ1) is 9.55. The lowest BCUT2D eigenvalue weighted by molar-refractivity contribution is 0.396. The van der Waals surface area contributed by atoms with Gasteiger partial charge >= 0.3 is 0 Å². The molecule has 0 aromatic heterocycles. The number of phenols is 1. The van der Waals surface area contributed by atoms with Crippen LogP contribution >= 0.6 is 0 Å². The molecule has 20 heavy (non-hydrogen) atoms. The molecule has 0 spiro atoms. The van der Waals surface area contributed by atoms with Crippen LogP contribution in [0.3, 0.4) is 0 Å². The maximum Gasteiger partial charge on any atom is 0.246 e. The fourth-order valence-electron chi connectivity index (χ4n) is 2.89. The fourth-order valence-corrected chi connectivity index (χ4v) is 4.47. The highest BCUT2D eigenvalue weighted by molar-refractivity contribution is 7.89. The van der Waals surface area contributed by atoms with Gasteiger partial charge in [0.25, 0.3) is 0 Å². The lowest BCUT2D eigenvalue weighted by Crippen LogP contribution is -2.32. The zero-order valence-electron chi connectivity index (χ0n) is 12.0. The molecule has 1 aliphatic rings. The highest BCUT2D eigenvalue weighted by atomic mass is 32.2. The lowest BCUT2D eigenvalue weighted by Gasteiger charge is -2.20. The highest BCUT2D eigenvalue weighted by Gasteiger charge is 2.29. The van der Waals surface area contributed by atoms with E-state index in [9.17, 15) is 13.5 Å². The van der Waals surface area contributed by atoms with Crippen molar-refractivity contribution in [3.63, 3.8) is 0 Å². The van der Waals surface area contributed by atoms with Gasteiger partial charge in [-0.3, -0.25) is 0 Å². The summed E-state index contributed by atoms with van der Waals surface area (Å²) in [7, 11) is -3.57. The Morgan fingerprint density at radius 2 is 2.00 bits per heavy atom. The number of para-hydroxylation sites is 1. The summed E-state index contributed by atoms with van der Waals surface area (Å²) in [6, 6.07) is 6.17. The van der Waals surface area contributed by atoms with Crippen LogP contribution in [0, 0.1) is 5.92 Å². The van der Waals surface area contributed by atoms with E-state index >= 15 is 0 Å². The molecular formula is C15H23NO3S. The Kier molecular flexibility index (Phi) is 5.05. The topological polar surface area (TPSA) is 57.6 Å². The molecule has 1 aliphatic heterocycles. The van der Waals surface area contributed by atoms with E-state index < -0.39 is 10.0 Å². The number of sulfonamides is 1. The zero-order valence-corrected chi connectivity index (χ0v) is 12.8. The van der Waals surface area contributed by atoms with Gasteiger partial charge in [-0.15, -0.1) is 0 Å². The highest BCUT2D eigenvalue weighted by Crippen LogP contribution is 2.29. The van der Waals surface area contributed by atoms with E-state index in [0.29, 0.717) is 19.0 Å². The average molecular weight is 297 g/mol. The molecule has 1 heterocycles. The smallest absolute Gasteiger partial charge is 0.246 e. The Hall–Kier alpha value is -1.07. The van der Waals surface area contributed by atoms with Crippen molar-refractivity contribution in [3.05, 3.63) is 24.3 Å². The molecule has 5 heteroatoms. The van der Waals surface area contributed by atoms with E-state index in [4.69, 9.17) is 0 Å². The molecule has 0 radical (unpaired) electrons. The molecule has 1 aromatic rings. The first-order valence-electron chi connectivity index (χ1n) is 7.34. The Bertz CT molecular complexity index is 542.